The smallest absolute Gasteiger partial charge is 0.223 e. The third-order valence-electron chi connectivity index (χ3n) is 4.60. The molecular formula is C14H28ClN3O. The van der Waals surface area contributed by atoms with E-state index in [0.717, 1.165) is 32.7 Å². The number of amides is 1. The minimum absolute atomic E-state index is 0. The number of halogens is 1. The molecular weight excluding hydrogens is 262 g/mol. The lowest BCUT2D eigenvalue weighted by Crippen LogP contribution is -2.47. The standard InChI is InChI=1S/C14H27N3O.ClH/c1-3-14(2)5-9-16(12-14)8-4-13(18)17-10-6-15-7-11-17;/h15H,3-12H2,1-2H3;1H. The number of nitrogens with zero attached hydrogens (tertiary/aromatic N) is 2. The number of likely N-dealkylation sites (tertiary alicyclic amines) is 1. The van der Waals surface area contributed by atoms with Gasteiger partial charge in [-0.05, 0) is 24.8 Å². The number of piperazine rings is 1. The van der Waals surface area contributed by atoms with E-state index in [9.17, 15) is 4.79 Å². The van der Waals surface area contributed by atoms with Crippen molar-refractivity contribution in [3.63, 3.8) is 0 Å². The first-order chi connectivity index (χ1) is 8.63. The Balaban J connectivity index is 0.00000180. The Kier molecular flexibility index (Phi) is 6.57. The van der Waals surface area contributed by atoms with Crippen LogP contribution in [0, 0.1) is 5.41 Å². The maximum Gasteiger partial charge on any atom is 0.223 e. The van der Waals surface area contributed by atoms with Gasteiger partial charge in [0.05, 0.1) is 0 Å². The summed E-state index contributed by atoms with van der Waals surface area (Å²) in [4.78, 5) is 16.5. The van der Waals surface area contributed by atoms with Crippen molar-refractivity contribution in [1.82, 2.24) is 15.1 Å². The Morgan fingerprint density at radius 2 is 1.95 bits per heavy atom. The van der Waals surface area contributed by atoms with Crippen LogP contribution in [-0.2, 0) is 4.79 Å². The molecule has 2 fully saturated rings. The highest BCUT2D eigenvalue weighted by atomic mass is 35.5. The van der Waals surface area contributed by atoms with E-state index < -0.39 is 0 Å². The third kappa shape index (κ3) is 4.62. The minimum Gasteiger partial charge on any atom is -0.340 e. The Labute approximate surface area is 123 Å². The van der Waals surface area contributed by atoms with Gasteiger partial charge in [0.25, 0.3) is 0 Å². The van der Waals surface area contributed by atoms with Crippen molar-refractivity contribution in [2.45, 2.75) is 33.1 Å². The number of rotatable bonds is 4. The number of carbonyl (C=O) groups excluding carboxylic acids is 1. The van der Waals surface area contributed by atoms with Gasteiger partial charge in [-0.15, -0.1) is 12.4 Å². The molecule has 0 spiro atoms. The second-order valence-electron chi connectivity index (χ2n) is 6.07. The topological polar surface area (TPSA) is 35.6 Å². The molecule has 112 valence electrons. The van der Waals surface area contributed by atoms with E-state index in [-0.39, 0.29) is 12.4 Å². The van der Waals surface area contributed by atoms with Crippen LogP contribution in [0.2, 0.25) is 0 Å². The van der Waals surface area contributed by atoms with Crippen LogP contribution in [0.5, 0.6) is 0 Å². The molecule has 2 aliphatic rings. The van der Waals surface area contributed by atoms with Gasteiger partial charge in [-0.3, -0.25) is 4.79 Å². The number of nitrogens with one attached hydrogen (secondary N) is 1. The zero-order chi connectivity index (χ0) is 13.0. The molecule has 1 N–H and O–H groups in total. The summed E-state index contributed by atoms with van der Waals surface area (Å²) in [6.45, 7) is 11.6. The molecule has 1 atom stereocenters. The van der Waals surface area contributed by atoms with Gasteiger partial charge in [0.1, 0.15) is 0 Å². The summed E-state index contributed by atoms with van der Waals surface area (Å²) in [5.41, 5.74) is 0.484. The quantitative estimate of drug-likeness (QED) is 0.849. The van der Waals surface area contributed by atoms with Gasteiger partial charge in [-0.1, -0.05) is 13.8 Å². The highest BCUT2D eigenvalue weighted by Gasteiger charge is 2.32. The molecule has 2 heterocycles. The highest BCUT2D eigenvalue weighted by Crippen LogP contribution is 2.32. The van der Waals surface area contributed by atoms with E-state index in [1.165, 1.54) is 25.9 Å². The molecule has 19 heavy (non-hydrogen) atoms. The van der Waals surface area contributed by atoms with Gasteiger partial charge in [0.15, 0.2) is 0 Å². The van der Waals surface area contributed by atoms with Crippen molar-refractivity contribution in [1.29, 1.82) is 0 Å². The first-order valence-corrected chi connectivity index (χ1v) is 7.34. The lowest BCUT2D eigenvalue weighted by Gasteiger charge is -2.28. The van der Waals surface area contributed by atoms with Gasteiger partial charge in [0.2, 0.25) is 5.91 Å². The maximum absolute atomic E-state index is 12.1. The van der Waals surface area contributed by atoms with Crippen LogP contribution >= 0.6 is 12.4 Å². The number of hydrogen-bond donors (Lipinski definition) is 1. The van der Waals surface area contributed by atoms with Gasteiger partial charge < -0.3 is 15.1 Å². The molecule has 4 nitrogen and oxygen atoms in total. The van der Waals surface area contributed by atoms with Crippen LogP contribution in [-0.4, -0.2) is 61.5 Å². The lowest BCUT2D eigenvalue weighted by atomic mass is 9.87. The van der Waals surface area contributed by atoms with Crippen LogP contribution < -0.4 is 5.32 Å². The summed E-state index contributed by atoms with van der Waals surface area (Å²) < 4.78 is 0. The van der Waals surface area contributed by atoms with Gasteiger partial charge >= 0.3 is 0 Å². The van der Waals surface area contributed by atoms with E-state index in [2.05, 4.69) is 24.1 Å². The fourth-order valence-corrected chi connectivity index (χ4v) is 2.93. The highest BCUT2D eigenvalue weighted by molar-refractivity contribution is 5.85. The molecule has 1 unspecified atom stereocenters. The lowest BCUT2D eigenvalue weighted by molar-refractivity contribution is -0.132. The van der Waals surface area contributed by atoms with Crippen LogP contribution in [0.4, 0.5) is 0 Å². The molecule has 5 heteroatoms. The second kappa shape index (κ2) is 7.46. The first kappa shape index (κ1) is 16.7. The first-order valence-electron chi connectivity index (χ1n) is 7.34. The largest absolute Gasteiger partial charge is 0.340 e. The van der Waals surface area contributed by atoms with Crippen molar-refractivity contribution in [2.75, 3.05) is 45.8 Å². The Morgan fingerprint density at radius 3 is 2.53 bits per heavy atom. The van der Waals surface area contributed by atoms with Crippen LogP contribution in [0.15, 0.2) is 0 Å². The molecule has 2 rings (SSSR count). The molecule has 0 saturated carbocycles. The van der Waals surface area contributed by atoms with Crippen molar-refractivity contribution < 1.29 is 4.79 Å². The van der Waals surface area contributed by atoms with Crippen molar-refractivity contribution >= 4 is 18.3 Å². The molecule has 0 aromatic rings. The van der Waals surface area contributed by atoms with Crippen molar-refractivity contribution in [2.24, 2.45) is 5.41 Å². The molecule has 1 amide bonds. The predicted octanol–water partition coefficient (Wildman–Crippen LogP) is 1.35. The summed E-state index contributed by atoms with van der Waals surface area (Å²) in [5.74, 6) is 0.335. The summed E-state index contributed by atoms with van der Waals surface area (Å²) in [6, 6.07) is 0. The Morgan fingerprint density at radius 1 is 1.26 bits per heavy atom. The van der Waals surface area contributed by atoms with Crippen molar-refractivity contribution in [3.05, 3.63) is 0 Å². The number of carbonyl (C=O) groups is 1. The molecule has 0 bridgehead atoms. The van der Waals surface area contributed by atoms with Gasteiger partial charge in [-0.25, -0.2) is 0 Å². The second-order valence-corrected chi connectivity index (χ2v) is 6.07. The summed E-state index contributed by atoms with van der Waals surface area (Å²) in [7, 11) is 0. The summed E-state index contributed by atoms with van der Waals surface area (Å²) in [6.07, 6.45) is 3.22. The average molecular weight is 290 g/mol. The van der Waals surface area contributed by atoms with Crippen LogP contribution in [0.3, 0.4) is 0 Å². The Hall–Kier alpha value is -0.320. The van der Waals surface area contributed by atoms with Gasteiger partial charge in [-0.2, -0.15) is 0 Å². The molecule has 0 radical (unpaired) electrons. The van der Waals surface area contributed by atoms with Crippen molar-refractivity contribution in [3.8, 4) is 0 Å². The summed E-state index contributed by atoms with van der Waals surface area (Å²) in [5, 5.41) is 3.28. The van der Waals surface area contributed by atoms with E-state index in [0.29, 0.717) is 17.7 Å². The van der Waals surface area contributed by atoms with E-state index >= 15 is 0 Å². The summed E-state index contributed by atoms with van der Waals surface area (Å²) >= 11 is 0. The van der Waals surface area contributed by atoms with E-state index in [1.807, 2.05) is 4.90 Å². The number of hydrogen-bond acceptors (Lipinski definition) is 3. The normalized spacial score (nSPS) is 28.2. The zero-order valence-electron chi connectivity index (χ0n) is 12.3. The van der Waals surface area contributed by atoms with Crippen LogP contribution in [0.25, 0.3) is 0 Å². The average Bonchev–Trinajstić information content (AvgIpc) is 2.80. The van der Waals surface area contributed by atoms with E-state index in [4.69, 9.17) is 0 Å². The molecule has 2 aliphatic heterocycles. The molecule has 0 aliphatic carbocycles. The third-order valence-corrected chi connectivity index (χ3v) is 4.60. The van der Waals surface area contributed by atoms with E-state index in [1.54, 1.807) is 0 Å². The zero-order valence-corrected chi connectivity index (χ0v) is 13.1. The minimum atomic E-state index is 0. The monoisotopic (exact) mass is 289 g/mol. The van der Waals surface area contributed by atoms with Gasteiger partial charge in [0, 0.05) is 45.7 Å². The fourth-order valence-electron chi connectivity index (χ4n) is 2.93. The molecule has 0 aromatic carbocycles. The maximum atomic E-state index is 12.1. The molecule has 0 aromatic heterocycles. The predicted molar refractivity (Wildman–Crippen MR) is 80.8 cm³/mol. The SMILES string of the molecule is CCC1(C)CCN(CCC(=O)N2CCNCC2)C1.Cl. The Bertz CT molecular complexity index is 294. The fraction of sp³-hybridized carbons (Fsp3) is 0.929. The molecule has 2 saturated heterocycles. The van der Waals surface area contributed by atoms with Crippen LogP contribution in [0.1, 0.15) is 33.1 Å².